The number of carbonyl (C=O) groups excluding carboxylic acids is 1. The van der Waals surface area contributed by atoms with Crippen molar-refractivity contribution in [2.24, 2.45) is 4.99 Å². The van der Waals surface area contributed by atoms with E-state index in [0.717, 1.165) is 0 Å². The number of hydrogen-bond donors (Lipinski definition) is 1. The lowest BCUT2D eigenvalue weighted by molar-refractivity contribution is 0.103. The van der Waals surface area contributed by atoms with Gasteiger partial charge in [0.15, 0.2) is 5.78 Å². The summed E-state index contributed by atoms with van der Waals surface area (Å²) in [6.45, 7) is 0. The van der Waals surface area contributed by atoms with Crippen LogP contribution in [0.2, 0.25) is 0 Å². The van der Waals surface area contributed by atoms with Crippen LogP contribution in [0.3, 0.4) is 0 Å². The first-order valence-corrected chi connectivity index (χ1v) is 7.78. The number of nitrogens with zero attached hydrogens (tertiary/aromatic N) is 1. The first-order chi connectivity index (χ1) is 12.2. The number of carbonyl (C=O) groups is 1. The third kappa shape index (κ3) is 3.93. The molecule has 0 saturated carbocycles. The SMILES string of the molecule is COc1ccc(O)c(C=Nc2ccc(C(=O)c3ccccc3)cc2)c1. The van der Waals surface area contributed by atoms with Crippen LogP contribution < -0.4 is 4.74 Å². The Morgan fingerprint density at radius 1 is 0.960 bits per heavy atom. The first-order valence-electron chi connectivity index (χ1n) is 7.78. The number of rotatable bonds is 5. The molecule has 3 aromatic carbocycles. The molecule has 0 amide bonds. The van der Waals surface area contributed by atoms with E-state index in [1.165, 1.54) is 0 Å². The van der Waals surface area contributed by atoms with E-state index in [-0.39, 0.29) is 11.5 Å². The van der Waals surface area contributed by atoms with E-state index in [9.17, 15) is 9.90 Å². The Bertz CT molecular complexity index is 900. The van der Waals surface area contributed by atoms with Crippen molar-refractivity contribution in [3.8, 4) is 11.5 Å². The van der Waals surface area contributed by atoms with Gasteiger partial charge in [-0.2, -0.15) is 0 Å². The Kier molecular flexibility index (Phi) is 4.90. The second-order valence-corrected chi connectivity index (χ2v) is 5.42. The highest BCUT2D eigenvalue weighted by Gasteiger charge is 2.07. The van der Waals surface area contributed by atoms with Gasteiger partial charge in [-0.25, -0.2) is 0 Å². The second-order valence-electron chi connectivity index (χ2n) is 5.42. The standard InChI is InChI=1S/C21H17NO3/c1-25-19-11-12-20(23)17(13-19)14-22-18-9-7-16(8-10-18)21(24)15-5-3-2-4-6-15/h2-14,23H,1H3. The van der Waals surface area contributed by atoms with Crippen molar-refractivity contribution in [1.29, 1.82) is 0 Å². The highest BCUT2D eigenvalue weighted by Crippen LogP contribution is 2.22. The van der Waals surface area contributed by atoms with Gasteiger partial charge in [0.25, 0.3) is 0 Å². The first kappa shape index (κ1) is 16.5. The van der Waals surface area contributed by atoms with E-state index < -0.39 is 0 Å². The third-order valence-electron chi connectivity index (χ3n) is 3.75. The van der Waals surface area contributed by atoms with Gasteiger partial charge in [-0.3, -0.25) is 9.79 Å². The van der Waals surface area contributed by atoms with Gasteiger partial charge in [-0.05, 0) is 42.5 Å². The molecule has 0 atom stereocenters. The van der Waals surface area contributed by atoms with Crippen LogP contribution in [0.4, 0.5) is 5.69 Å². The normalized spacial score (nSPS) is 10.8. The average Bonchev–Trinajstić information content (AvgIpc) is 2.68. The fourth-order valence-corrected chi connectivity index (χ4v) is 2.36. The number of ketones is 1. The Labute approximate surface area is 146 Å². The second kappa shape index (κ2) is 7.45. The lowest BCUT2D eigenvalue weighted by atomic mass is 10.0. The molecule has 3 aromatic rings. The molecular weight excluding hydrogens is 314 g/mol. The maximum absolute atomic E-state index is 12.4. The van der Waals surface area contributed by atoms with Crippen LogP contribution in [-0.4, -0.2) is 24.2 Å². The zero-order chi connectivity index (χ0) is 17.6. The molecular formula is C21H17NO3. The molecule has 0 aliphatic heterocycles. The smallest absolute Gasteiger partial charge is 0.193 e. The summed E-state index contributed by atoms with van der Waals surface area (Å²) in [7, 11) is 1.57. The summed E-state index contributed by atoms with van der Waals surface area (Å²) in [5.74, 6) is 0.741. The molecule has 0 spiro atoms. The molecule has 0 heterocycles. The van der Waals surface area contributed by atoms with E-state index in [4.69, 9.17) is 4.74 Å². The molecule has 0 unspecified atom stereocenters. The molecule has 4 heteroatoms. The van der Waals surface area contributed by atoms with Crippen LogP contribution in [0.25, 0.3) is 0 Å². The maximum atomic E-state index is 12.4. The van der Waals surface area contributed by atoms with E-state index in [1.54, 1.807) is 67.9 Å². The van der Waals surface area contributed by atoms with Crippen LogP contribution in [0.15, 0.2) is 77.8 Å². The minimum Gasteiger partial charge on any atom is -0.507 e. The molecule has 124 valence electrons. The summed E-state index contributed by atoms with van der Waals surface area (Å²) < 4.78 is 5.14. The number of phenolic OH excluding ortho intramolecular Hbond substituents is 1. The summed E-state index contributed by atoms with van der Waals surface area (Å²) in [6, 6.07) is 21.1. The topological polar surface area (TPSA) is 58.9 Å². The minimum atomic E-state index is -0.0263. The summed E-state index contributed by atoms with van der Waals surface area (Å²) in [5.41, 5.74) is 2.50. The number of ether oxygens (including phenoxy) is 1. The van der Waals surface area contributed by atoms with E-state index in [1.807, 2.05) is 18.2 Å². The predicted octanol–water partition coefficient (Wildman–Crippen LogP) is 4.38. The number of phenols is 1. The van der Waals surface area contributed by atoms with Crippen molar-refractivity contribution in [1.82, 2.24) is 0 Å². The molecule has 0 radical (unpaired) electrons. The van der Waals surface area contributed by atoms with Crippen molar-refractivity contribution in [3.63, 3.8) is 0 Å². The van der Waals surface area contributed by atoms with Crippen LogP contribution >= 0.6 is 0 Å². The van der Waals surface area contributed by atoms with Crippen molar-refractivity contribution in [2.75, 3.05) is 7.11 Å². The Morgan fingerprint density at radius 2 is 1.64 bits per heavy atom. The van der Waals surface area contributed by atoms with Crippen LogP contribution in [0.1, 0.15) is 21.5 Å². The lowest BCUT2D eigenvalue weighted by Gasteiger charge is -2.03. The largest absolute Gasteiger partial charge is 0.507 e. The molecule has 3 rings (SSSR count). The van der Waals surface area contributed by atoms with E-state index in [0.29, 0.717) is 28.1 Å². The molecule has 0 aliphatic carbocycles. The van der Waals surface area contributed by atoms with Crippen molar-refractivity contribution < 1.29 is 14.6 Å². The maximum Gasteiger partial charge on any atom is 0.193 e. The third-order valence-corrected chi connectivity index (χ3v) is 3.75. The summed E-state index contributed by atoms with van der Waals surface area (Å²) in [4.78, 5) is 16.7. The van der Waals surface area contributed by atoms with Gasteiger partial charge in [-0.15, -0.1) is 0 Å². The van der Waals surface area contributed by atoms with Gasteiger partial charge in [-0.1, -0.05) is 30.3 Å². The monoisotopic (exact) mass is 331 g/mol. The van der Waals surface area contributed by atoms with Gasteiger partial charge in [0.1, 0.15) is 11.5 Å². The van der Waals surface area contributed by atoms with Crippen molar-refractivity contribution >= 4 is 17.7 Å². The molecule has 25 heavy (non-hydrogen) atoms. The Morgan fingerprint density at radius 3 is 2.32 bits per heavy atom. The Hall–Kier alpha value is -3.40. The van der Waals surface area contributed by atoms with Crippen LogP contribution in [-0.2, 0) is 0 Å². The fraction of sp³-hybridized carbons (Fsp3) is 0.0476. The summed E-state index contributed by atoms with van der Waals surface area (Å²) in [6.07, 6.45) is 1.56. The number of aromatic hydroxyl groups is 1. The van der Waals surface area contributed by atoms with Crippen LogP contribution in [0.5, 0.6) is 11.5 Å². The number of methoxy groups -OCH3 is 1. The molecule has 4 nitrogen and oxygen atoms in total. The summed E-state index contributed by atoms with van der Waals surface area (Å²) >= 11 is 0. The van der Waals surface area contributed by atoms with Gasteiger partial charge in [0.2, 0.25) is 0 Å². The zero-order valence-corrected chi connectivity index (χ0v) is 13.7. The lowest BCUT2D eigenvalue weighted by Crippen LogP contribution is -2.00. The van der Waals surface area contributed by atoms with E-state index in [2.05, 4.69) is 4.99 Å². The zero-order valence-electron chi connectivity index (χ0n) is 13.7. The highest BCUT2D eigenvalue weighted by molar-refractivity contribution is 6.09. The predicted molar refractivity (Wildman–Crippen MR) is 98.2 cm³/mol. The Balaban J connectivity index is 1.78. The quantitative estimate of drug-likeness (QED) is 0.557. The molecule has 0 saturated heterocycles. The molecule has 0 aromatic heterocycles. The minimum absolute atomic E-state index is 0.0263. The van der Waals surface area contributed by atoms with Gasteiger partial charge < -0.3 is 9.84 Å². The molecule has 1 N–H and O–H groups in total. The van der Waals surface area contributed by atoms with Gasteiger partial charge in [0.05, 0.1) is 12.8 Å². The number of benzene rings is 3. The highest BCUT2D eigenvalue weighted by atomic mass is 16.5. The molecule has 0 bridgehead atoms. The van der Waals surface area contributed by atoms with Crippen molar-refractivity contribution in [3.05, 3.63) is 89.5 Å². The summed E-state index contributed by atoms with van der Waals surface area (Å²) in [5, 5.41) is 9.86. The molecule has 0 fully saturated rings. The fourth-order valence-electron chi connectivity index (χ4n) is 2.36. The van der Waals surface area contributed by atoms with E-state index >= 15 is 0 Å². The number of hydrogen-bond acceptors (Lipinski definition) is 4. The van der Waals surface area contributed by atoms with Crippen molar-refractivity contribution in [2.45, 2.75) is 0 Å². The average molecular weight is 331 g/mol. The number of aliphatic imine (C=N–C) groups is 1. The van der Waals surface area contributed by atoms with Crippen LogP contribution in [0, 0.1) is 0 Å². The van der Waals surface area contributed by atoms with Gasteiger partial charge >= 0.3 is 0 Å². The van der Waals surface area contributed by atoms with Gasteiger partial charge in [0, 0.05) is 22.9 Å². The molecule has 0 aliphatic rings.